The van der Waals surface area contributed by atoms with Crippen LogP contribution in [-0.4, -0.2) is 0 Å². The second-order valence-electron chi connectivity index (χ2n) is 5.17. The van der Waals surface area contributed by atoms with Gasteiger partial charge in [-0.25, -0.2) is 0 Å². The summed E-state index contributed by atoms with van der Waals surface area (Å²) in [5.41, 5.74) is 5.63. The van der Waals surface area contributed by atoms with Crippen LogP contribution in [0, 0.1) is 0 Å². The van der Waals surface area contributed by atoms with Crippen molar-refractivity contribution in [1.29, 1.82) is 0 Å². The molecule has 1 aliphatic rings. The predicted molar refractivity (Wildman–Crippen MR) is 86.0 cm³/mol. The highest BCUT2D eigenvalue weighted by atomic mass is 79.9. The minimum atomic E-state index is 0.110. The van der Waals surface area contributed by atoms with Crippen LogP contribution in [-0.2, 0) is 5.41 Å². The molecule has 0 aromatic heterocycles. The third kappa shape index (κ3) is 1.79. The van der Waals surface area contributed by atoms with Crippen molar-refractivity contribution in [2.24, 2.45) is 0 Å². The lowest BCUT2D eigenvalue weighted by Gasteiger charge is -2.29. The molecular weight excluding hydrogens is 320 g/mol. The van der Waals surface area contributed by atoms with Gasteiger partial charge in [0, 0.05) is 14.9 Å². The molecule has 0 aliphatic heterocycles. The van der Waals surface area contributed by atoms with E-state index in [2.05, 4.69) is 60.1 Å². The number of hydrogen-bond acceptors (Lipinski definition) is 0. The Hall–Kier alpha value is -0.790. The van der Waals surface area contributed by atoms with Crippen LogP contribution < -0.4 is 0 Å². The molecule has 0 atom stereocenters. The summed E-state index contributed by atoms with van der Waals surface area (Å²) in [5.74, 6) is 0. The summed E-state index contributed by atoms with van der Waals surface area (Å²) in [7, 11) is 0. The topological polar surface area (TPSA) is 0 Å². The van der Waals surface area contributed by atoms with E-state index in [0.29, 0.717) is 0 Å². The highest BCUT2D eigenvalue weighted by Crippen LogP contribution is 2.53. The zero-order valence-corrected chi connectivity index (χ0v) is 13.5. The Morgan fingerprint density at radius 1 is 0.947 bits per heavy atom. The molecule has 0 spiro atoms. The molecule has 19 heavy (non-hydrogen) atoms. The first-order valence-corrected chi connectivity index (χ1v) is 7.90. The minimum absolute atomic E-state index is 0.110. The molecule has 0 nitrogen and oxygen atoms in total. The molecule has 1 aliphatic carbocycles. The molecule has 0 saturated heterocycles. The fraction of sp³-hybridized carbons (Fsp3) is 0.294. The van der Waals surface area contributed by atoms with Gasteiger partial charge in [-0.2, -0.15) is 0 Å². The Labute approximate surface area is 127 Å². The van der Waals surface area contributed by atoms with E-state index in [4.69, 9.17) is 11.6 Å². The summed E-state index contributed by atoms with van der Waals surface area (Å²) in [6, 6.07) is 12.9. The van der Waals surface area contributed by atoms with Crippen LogP contribution in [0.25, 0.3) is 11.1 Å². The number of hydrogen-bond donors (Lipinski definition) is 0. The fourth-order valence-electron chi connectivity index (χ4n) is 3.45. The smallest absolute Gasteiger partial charge is 0.0409 e. The molecule has 0 radical (unpaired) electrons. The lowest BCUT2D eigenvalue weighted by atomic mass is 9.74. The molecule has 2 heteroatoms. The summed E-state index contributed by atoms with van der Waals surface area (Å²) < 4.78 is 1.15. The molecule has 0 bridgehead atoms. The Balaban J connectivity index is 2.38. The molecule has 2 aromatic rings. The van der Waals surface area contributed by atoms with E-state index in [0.717, 1.165) is 22.3 Å². The number of halogens is 2. The maximum Gasteiger partial charge on any atom is 0.0409 e. The molecule has 0 fully saturated rings. The highest BCUT2D eigenvalue weighted by Gasteiger charge is 2.40. The van der Waals surface area contributed by atoms with Crippen LogP contribution in [0.2, 0.25) is 5.02 Å². The summed E-state index contributed by atoms with van der Waals surface area (Å²) in [6.07, 6.45) is 2.20. The Bertz CT molecular complexity index is 588. The lowest BCUT2D eigenvalue weighted by Crippen LogP contribution is -2.23. The van der Waals surface area contributed by atoms with Crippen LogP contribution in [0.5, 0.6) is 0 Å². The fourth-order valence-corrected chi connectivity index (χ4v) is 3.98. The van der Waals surface area contributed by atoms with Gasteiger partial charge in [0.05, 0.1) is 0 Å². The third-order valence-electron chi connectivity index (χ3n) is 4.49. The van der Waals surface area contributed by atoms with Gasteiger partial charge in [-0.3, -0.25) is 0 Å². The van der Waals surface area contributed by atoms with Crippen molar-refractivity contribution in [3.05, 3.63) is 57.0 Å². The van der Waals surface area contributed by atoms with E-state index in [1.54, 1.807) is 0 Å². The van der Waals surface area contributed by atoms with Crippen molar-refractivity contribution < 1.29 is 0 Å². The van der Waals surface area contributed by atoms with Crippen LogP contribution in [0.4, 0.5) is 0 Å². The van der Waals surface area contributed by atoms with E-state index in [-0.39, 0.29) is 5.41 Å². The van der Waals surface area contributed by atoms with E-state index in [1.165, 1.54) is 22.3 Å². The van der Waals surface area contributed by atoms with Gasteiger partial charge in [-0.05, 0) is 59.4 Å². The van der Waals surface area contributed by atoms with Gasteiger partial charge in [-0.15, -0.1) is 0 Å². The molecule has 0 unspecified atom stereocenters. The maximum absolute atomic E-state index is 6.23. The van der Waals surface area contributed by atoms with E-state index >= 15 is 0 Å². The van der Waals surface area contributed by atoms with Crippen molar-refractivity contribution in [3.63, 3.8) is 0 Å². The van der Waals surface area contributed by atoms with Crippen molar-refractivity contribution in [2.45, 2.75) is 32.1 Å². The van der Waals surface area contributed by atoms with Crippen LogP contribution in [0.1, 0.15) is 37.8 Å². The third-order valence-corrected chi connectivity index (χ3v) is 5.22. The molecule has 0 heterocycles. The van der Waals surface area contributed by atoms with Crippen molar-refractivity contribution in [3.8, 4) is 11.1 Å². The Morgan fingerprint density at radius 3 is 2.16 bits per heavy atom. The van der Waals surface area contributed by atoms with Crippen LogP contribution in [0.15, 0.2) is 40.9 Å². The molecule has 0 amide bonds. The first kappa shape index (κ1) is 13.2. The molecule has 0 saturated carbocycles. The quantitative estimate of drug-likeness (QED) is 0.614. The summed E-state index contributed by atoms with van der Waals surface area (Å²) in [5, 5.41) is 0.830. The normalized spacial score (nSPS) is 15.2. The van der Waals surface area contributed by atoms with E-state index < -0.39 is 0 Å². The molecule has 98 valence electrons. The van der Waals surface area contributed by atoms with Gasteiger partial charge < -0.3 is 0 Å². The Kier molecular flexibility index (Phi) is 3.23. The van der Waals surface area contributed by atoms with Gasteiger partial charge in [0.15, 0.2) is 0 Å². The molecule has 2 aromatic carbocycles. The van der Waals surface area contributed by atoms with E-state index in [1.807, 2.05) is 6.07 Å². The van der Waals surface area contributed by atoms with Crippen molar-refractivity contribution in [2.75, 3.05) is 0 Å². The number of fused-ring (bicyclic) bond motifs is 3. The largest absolute Gasteiger partial charge is 0.0843 e. The SMILES string of the molecule is CCC1(CC)c2cc(Cl)ccc2-c2ccc(Br)cc21. The number of benzene rings is 2. The lowest BCUT2D eigenvalue weighted by molar-refractivity contribution is 0.490. The minimum Gasteiger partial charge on any atom is -0.0843 e. The second-order valence-corrected chi connectivity index (χ2v) is 6.52. The van der Waals surface area contributed by atoms with Gasteiger partial charge >= 0.3 is 0 Å². The van der Waals surface area contributed by atoms with Gasteiger partial charge in [-0.1, -0.05) is 53.5 Å². The summed E-state index contributed by atoms with van der Waals surface area (Å²) in [4.78, 5) is 0. The second kappa shape index (κ2) is 4.64. The van der Waals surface area contributed by atoms with Crippen molar-refractivity contribution >= 4 is 27.5 Å². The summed E-state index contributed by atoms with van der Waals surface area (Å²) in [6.45, 7) is 4.54. The summed E-state index contributed by atoms with van der Waals surface area (Å²) >= 11 is 9.84. The molecule has 0 N–H and O–H groups in total. The average Bonchev–Trinajstić information content (AvgIpc) is 2.67. The zero-order chi connectivity index (χ0) is 13.6. The Morgan fingerprint density at radius 2 is 1.53 bits per heavy atom. The van der Waals surface area contributed by atoms with Crippen LogP contribution >= 0.6 is 27.5 Å². The zero-order valence-electron chi connectivity index (χ0n) is 11.1. The average molecular weight is 336 g/mol. The molecular formula is C17H16BrCl. The first-order valence-electron chi connectivity index (χ1n) is 6.73. The van der Waals surface area contributed by atoms with Crippen molar-refractivity contribution in [1.82, 2.24) is 0 Å². The maximum atomic E-state index is 6.23. The monoisotopic (exact) mass is 334 g/mol. The van der Waals surface area contributed by atoms with Gasteiger partial charge in [0.2, 0.25) is 0 Å². The number of rotatable bonds is 2. The van der Waals surface area contributed by atoms with E-state index in [9.17, 15) is 0 Å². The highest BCUT2D eigenvalue weighted by molar-refractivity contribution is 9.10. The molecule has 3 rings (SSSR count). The van der Waals surface area contributed by atoms with Gasteiger partial charge in [0.1, 0.15) is 0 Å². The predicted octanol–water partition coefficient (Wildman–Crippen LogP) is 6.19. The van der Waals surface area contributed by atoms with Gasteiger partial charge in [0.25, 0.3) is 0 Å². The van der Waals surface area contributed by atoms with Crippen LogP contribution in [0.3, 0.4) is 0 Å². The standard InChI is InChI=1S/C17H16BrCl/c1-3-17(4-2)15-9-11(18)5-7-13(15)14-8-6-12(19)10-16(14)17/h5-10H,3-4H2,1-2H3. The first-order chi connectivity index (χ1) is 9.12.